The Bertz CT molecular complexity index is 895. The van der Waals surface area contributed by atoms with Gasteiger partial charge in [0.2, 0.25) is 5.43 Å². The molecule has 2 heterocycles. The molecule has 0 saturated carbocycles. The van der Waals surface area contributed by atoms with Crippen molar-refractivity contribution in [1.29, 1.82) is 0 Å². The standard InChI is InChI=1S/C16H12N2O3/c19-12-8-13(11-4-2-1-3-5-11)17-16(9-12)18-7-6-14(20)15(21)10-18/h1-10,21H,(H,17,19). The number of nitrogens with one attached hydrogen (secondary N) is 1. The van der Waals surface area contributed by atoms with Gasteiger partial charge in [-0.25, -0.2) is 0 Å². The van der Waals surface area contributed by atoms with Crippen LogP contribution in [-0.4, -0.2) is 14.7 Å². The lowest BCUT2D eigenvalue weighted by Crippen LogP contribution is -2.09. The Labute approximate surface area is 119 Å². The fourth-order valence-electron chi connectivity index (χ4n) is 2.06. The van der Waals surface area contributed by atoms with Gasteiger partial charge in [0.15, 0.2) is 11.2 Å². The molecular formula is C16H12N2O3. The predicted molar refractivity (Wildman–Crippen MR) is 79.8 cm³/mol. The van der Waals surface area contributed by atoms with E-state index in [9.17, 15) is 14.7 Å². The summed E-state index contributed by atoms with van der Waals surface area (Å²) >= 11 is 0. The summed E-state index contributed by atoms with van der Waals surface area (Å²) < 4.78 is 1.49. The highest BCUT2D eigenvalue weighted by Gasteiger charge is 2.04. The number of aromatic hydroxyl groups is 1. The quantitative estimate of drug-likeness (QED) is 0.752. The Morgan fingerprint density at radius 1 is 1.00 bits per heavy atom. The molecule has 0 radical (unpaired) electrons. The lowest BCUT2D eigenvalue weighted by atomic mass is 10.1. The first kappa shape index (κ1) is 12.9. The number of hydrogen-bond acceptors (Lipinski definition) is 3. The third-order valence-corrected chi connectivity index (χ3v) is 3.09. The first-order chi connectivity index (χ1) is 10.1. The van der Waals surface area contributed by atoms with Crippen LogP contribution < -0.4 is 10.9 Å². The van der Waals surface area contributed by atoms with Crippen molar-refractivity contribution in [3.05, 3.63) is 81.4 Å². The fourth-order valence-corrected chi connectivity index (χ4v) is 2.06. The van der Waals surface area contributed by atoms with Crippen LogP contribution in [0.2, 0.25) is 0 Å². The van der Waals surface area contributed by atoms with Gasteiger partial charge in [-0.15, -0.1) is 0 Å². The normalized spacial score (nSPS) is 10.5. The molecule has 5 nitrogen and oxygen atoms in total. The molecule has 1 aromatic carbocycles. The molecule has 2 aromatic heterocycles. The largest absolute Gasteiger partial charge is 0.503 e. The summed E-state index contributed by atoms with van der Waals surface area (Å²) in [5.74, 6) is 0.0973. The van der Waals surface area contributed by atoms with Crippen molar-refractivity contribution in [2.75, 3.05) is 0 Å². The van der Waals surface area contributed by atoms with E-state index in [1.165, 1.54) is 35.2 Å². The van der Waals surface area contributed by atoms with Gasteiger partial charge in [-0.05, 0) is 5.56 Å². The van der Waals surface area contributed by atoms with Crippen LogP contribution in [0.15, 0.2) is 70.5 Å². The lowest BCUT2D eigenvalue weighted by Gasteiger charge is -2.09. The molecular weight excluding hydrogens is 268 g/mol. The molecule has 3 aromatic rings. The van der Waals surface area contributed by atoms with Crippen molar-refractivity contribution in [2.45, 2.75) is 0 Å². The van der Waals surface area contributed by atoms with Crippen LogP contribution in [0.25, 0.3) is 17.1 Å². The minimum absolute atomic E-state index is 0.166. The predicted octanol–water partition coefficient (Wildman–Crippen LogP) is 1.90. The van der Waals surface area contributed by atoms with Gasteiger partial charge in [0.1, 0.15) is 5.82 Å². The van der Waals surface area contributed by atoms with Crippen molar-refractivity contribution in [1.82, 2.24) is 9.55 Å². The minimum atomic E-state index is -0.465. The highest BCUT2D eigenvalue weighted by molar-refractivity contribution is 5.59. The van der Waals surface area contributed by atoms with Gasteiger partial charge in [-0.2, -0.15) is 0 Å². The maximum absolute atomic E-state index is 11.9. The van der Waals surface area contributed by atoms with E-state index in [1.54, 1.807) is 0 Å². The van der Waals surface area contributed by atoms with Crippen LogP contribution in [0.5, 0.6) is 5.75 Å². The average molecular weight is 280 g/mol. The number of H-pyrrole nitrogens is 1. The zero-order valence-electron chi connectivity index (χ0n) is 11.0. The van der Waals surface area contributed by atoms with Crippen LogP contribution in [0, 0.1) is 0 Å². The summed E-state index contributed by atoms with van der Waals surface area (Å²) in [6.07, 6.45) is 2.75. The monoisotopic (exact) mass is 280 g/mol. The van der Waals surface area contributed by atoms with Crippen LogP contribution >= 0.6 is 0 Å². The van der Waals surface area contributed by atoms with Crippen molar-refractivity contribution < 1.29 is 5.11 Å². The highest BCUT2D eigenvalue weighted by Crippen LogP contribution is 2.16. The van der Waals surface area contributed by atoms with E-state index in [4.69, 9.17) is 0 Å². The summed E-state index contributed by atoms with van der Waals surface area (Å²) in [6, 6.07) is 13.6. The van der Waals surface area contributed by atoms with Gasteiger partial charge in [0.05, 0.1) is 11.9 Å². The second kappa shape index (κ2) is 5.13. The average Bonchev–Trinajstić information content (AvgIpc) is 2.50. The first-order valence-corrected chi connectivity index (χ1v) is 6.35. The number of benzene rings is 1. The number of aromatic nitrogens is 2. The van der Waals surface area contributed by atoms with Crippen molar-refractivity contribution in [3.8, 4) is 22.8 Å². The summed E-state index contributed by atoms with van der Waals surface area (Å²) in [7, 11) is 0. The molecule has 2 N–H and O–H groups in total. The topological polar surface area (TPSA) is 75.1 Å². The molecule has 0 aliphatic rings. The van der Waals surface area contributed by atoms with Gasteiger partial charge >= 0.3 is 0 Å². The first-order valence-electron chi connectivity index (χ1n) is 6.35. The summed E-state index contributed by atoms with van der Waals surface area (Å²) in [4.78, 5) is 26.2. The molecule has 0 bridgehead atoms. The van der Waals surface area contributed by atoms with Gasteiger partial charge in [-0.1, -0.05) is 30.3 Å². The Kier molecular flexibility index (Phi) is 3.16. The third kappa shape index (κ3) is 2.62. The second-order valence-electron chi connectivity index (χ2n) is 4.58. The molecule has 0 unspecified atom stereocenters. The van der Waals surface area contributed by atoms with Crippen LogP contribution in [0.1, 0.15) is 0 Å². The van der Waals surface area contributed by atoms with E-state index in [1.807, 2.05) is 30.3 Å². The zero-order chi connectivity index (χ0) is 14.8. The second-order valence-corrected chi connectivity index (χ2v) is 4.58. The van der Waals surface area contributed by atoms with E-state index < -0.39 is 5.43 Å². The number of rotatable bonds is 2. The van der Waals surface area contributed by atoms with E-state index in [0.29, 0.717) is 11.5 Å². The van der Waals surface area contributed by atoms with E-state index in [2.05, 4.69) is 4.98 Å². The number of aromatic amines is 1. The molecule has 0 atom stereocenters. The molecule has 0 aliphatic heterocycles. The zero-order valence-corrected chi connectivity index (χ0v) is 11.0. The summed E-state index contributed by atoms with van der Waals surface area (Å²) in [6.45, 7) is 0. The van der Waals surface area contributed by atoms with Crippen molar-refractivity contribution in [2.24, 2.45) is 0 Å². The Morgan fingerprint density at radius 2 is 1.76 bits per heavy atom. The van der Waals surface area contributed by atoms with Gasteiger partial charge in [-0.3, -0.25) is 9.59 Å². The molecule has 0 aliphatic carbocycles. The third-order valence-electron chi connectivity index (χ3n) is 3.09. The Morgan fingerprint density at radius 3 is 2.48 bits per heavy atom. The Balaban J connectivity index is 2.16. The summed E-state index contributed by atoms with van der Waals surface area (Å²) in [5, 5.41) is 9.49. The number of nitrogens with zero attached hydrogens (tertiary/aromatic N) is 1. The van der Waals surface area contributed by atoms with Gasteiger partial charge < -0.3 is 14.7 Å². The molecule has 0 fully saturated rings. The molecule has 3 rings (SSSR count). The van der Waals surface area contributed by atoms with Gasteiger partial charge in [0.25, 0.3) is 0 Å². The molecule has 0 amide bonds. The van der Waals surface area contributed by atoms with E-state index in [-0.39, 0.29) is 11.2 Å². The number of hydrogen-bond donors (Lipinski definition) is 2. The van der Waals surface area contributed by atoms with Gasteiger partial charge in [0, 0.05) is 24.4 Å². The van der Waals surface area contributed by atoms with Crippen LogP contribution in [-0.2, 0) is 0 Å². The molecule has 5 heteroatoms. The smallest absolute Gasteiger partial charge is 0.223 e. The van der Waals surface area contributed by atoms with E-state index >= 15 is 0 Å². The van der Waals surface area contributed by atoms with Crippen LogP contribution in [0.4, 0.5) is 0 Å². The lowest BCUT2D eigenvalue weighted by molar-refractivity contribution is 0.465. The molecule has 21 heavy (non-hydrogen) atoms. The number of pyridine rings is 2. The molecule has 0 spiro atoms. The Hall–Kier alpha value is -3.08. The fraction of sp³-hybridized carbons (Fsp3) is 0. The SMILES string of the molecule is O=c1cc(-c2ccccc2)[nH]c(-n2ccc(=O)c(O)c2)c1. The molecule has 104 valence electrons. The maximum atomic E-state index is 11.9. The highest BCUT2D eigenvalue weighted by atomic mass is 16.3. The minimum Gasteiger partial charge on any atom is -0.503 e. The van der Waals surface area contributed by atoms with E-state index in [0.717, 1.165) is 5.56 Å². The van der Waals surface area contributed by atoms with Crippen LogP contribution in [0.3, 0.4) is 0 Å². The maximum Gasteiger partial charge on any atom is 0.223 e. The molecule has 0 saturated heterocycles. The van der Waals surface area contributed by atoms with Crippen molar-refractivity contribution >= 4 is 0 Å². The van der Waals surface area contributed by atoms with Crippen molar-refractivity contribution in [3.63, 3.8) is 0 Å². The summed E-state index contributed by atoms with van der Waals surface area (Å²) in [5.41, 5.74) is 0.909.